The van der Waals surface area contributed by atoms with Gasteiger partial charge in [-0.2, -0.15) is 9.40 Å². The molecule has 0 unspecified atom stereocenters. The van der Waals surface area contributed by atoms with Crippen molar-refractivity contribution in [2.75, 3.05) is 13.1 Å². The number of sulfonamides is 1. The summed E-state index contributed by atoms with van der Waals surface area (Å²) >= 11 is 0. The van der Waals surface area contributed by atoms with Gasteiger partial charge in [-0.05, 0) is 37.1 Å². The highest BCUT2D eigenvalue weighted by Gasteiger charge is 2.34. The Labute approximate surface area is 172 Å². The first-order valence-electron chi connectivity index (χ1n) is 9.45. The number of rotatable bonds is 4. The molecule has 4 rings (SSSR count). The van der Waals surface area contributed by atoms with E-state index in [9.17, 15) is 22.0 Å². The average Bonchev–Trinajstić information content (AvgIpc) is 3.03. The molecule has 1 aliphatic rings. The molecule has 0 radical (unpaired) electrons. The maximum atomic E-state index is 14.0. The number of hydrogen-bond donors (Lipinski definition) is 0. The van der Waals surface area contributed by atoms with E-state index in [2.05, 4.69) is 5.10 Å². The third kappa shape index (κ3) is 3.56. The van der Waals surface area contributed by atoms with Crippen LogP contribution in [0.15, 0.2) is 58.2 Å². The van der Waals surface area contributed by atoms with Crippen LogP contribution < -0.4 is 5.69 Å². The number of aromatic nitrogens is 3. The van der Waals surface area contributed by atoms with E-state index >= 15 is 0 Å². The van der Waals surface area contributed by atoms with Crippen LogP contribution in [-0.4, -0.2) is 40.2 Å². The second-order valence-corrected chi connectivity index (χ2v) is 9.09. The second-order valence-electron chi connectivity index (χ2n) is 7.19. The predicted molar refractivity (Wildman–Crippen MR) is 106 cm³/mol. The highest BCUT2D eigenvalue weighted by Crippen LogP contribution is 2.31. The van der Waals surface area contributed by atoms with E-state index in [0.717, 1.165) is 12.1 Å². The summed E-state index contributed by atoms with van der Waals surface area (Å²) in [5.74, 6) is -1.51. The van der Waals surface area contributed by atoms with Gasteiger partial charge in [0.25, 0.3) is 0 Å². The minimum absolute atomic E-state index is 0.136. The summed E-state index contributed by atoms with van der Waals surface area (Å²) in [5.41, 5.74) is 0.411. The molecule has 0 saturated carbocycles. The molecule has 3 aromatic rings. The molecule has 30 heavy (non-hydrogen) atoms. The van der Waals surface area contributed by atoms with E-state index in [1.807, 2.05) is 30.3 Å². The van der Waals surface area contributed by atoms with Crippen LogP contribution in [0.2, 0.25) is 0 Å². The number of nitrogens with zero attached hydrogens (tertiary/aromatic N) is 4. The zero-order chi connectivity index (χ0) is 21.5. The van der Waals surface area contributed by atoms with Crippen LogP contribution in [0, 0.1) is 11.6 Å². The number of halogens is 2. The zero-order valence-electron chi connectivity index (χ0n) is 16.2. The largest absolute Gasteiger partial charge is 0.350 e. The van der Waals surface area contributed by atoms with Gasteiger partial charge in [0.2, 0.25) is 10.0 Å². The second kappa shape index (κ2) is 7.77. The highest BCUT2D eigenvalue weighted by atomic mass is 32.2. The maximum Gasteiger partial charge on any atom is 0.350 e. The third-order valence-corrected chi connectivity index (χ3v) is 7.23. The molecule has 2 aromatic carbocycles. The number of para-hydroxylation sites is 1. The van der Waals surface area contributed by atoms with E-state index in [1.54, 1.807) is 7.05 Å². The van der Waals surface area contributed by atoms with Gasteiger partial charge < -0.3 is 0 Å². The molecule has 0 bridgehead atoms. The van der Waals surface area contributed by atoms with E-state index < -0.39 is 26.6 Å². The van der Waals surface area contributed by atoms with Crippen LogP contribution in [-0.2, 0) is 17.1 Å². The van der Waals surface area contributed by atoms with E-state index in [4.69, 9.17) is 0 Å². The van der Waals surface area contributed by atoms with E-state index in [1.165, 1.54) is 13.6 Å². The third-order valence-electron chi connectivity index (χ3n) is 5.29. The fourth-order valence-electron chi connectivity index (χ4n) is 3.75. The molecule has 0 atom stereocenters. The van der Waals surface area contributed by atoms with E-state index in [-0.39, 0.29) is 24.7 Å². The van der Waals surface area contributed by atoms with Crippen molar-refractivity contribution in [2.24, 2.45) is 7.05 Å². The first-order valence-corrected chi connectivity index (χ1v) is 10.9. The van der Waals surface area contributed by atoms with Crippen molar-refractivity contribution in [2.45, 2.75) is 23.7 Å². The fourth-order valence-corrected chi connectivity index (χ4v) is 5.26. The Morgan fingerprint density at radius 3 is 2.33 bits per heavy atom. The summed E-state index contributed by atoms with van der Waals surface area (Å²) in [4.78, 5) is 12.1. The zero-order valence-corrected chi connectivity index (χ0v) is 17.0. The molecule has 10 heteroatoms. The summed E-state index contributed by atoms with van der Waals surface area (Å²) in [6.45, 7) is 0.284. The van der Waals surface area contributed by atoms with Gasteiger partial charge in [0.15, 0.2) is 0 Å². The molecule has 158 valence electrons. The fraction of sp³-hybridized carbons (Fsp3) is 0.300. The van der Waals surface area contributed by atoms with Gasteiger partial charge in [-0.1, -0.05) is 18.2 Å². The SMILES string of the molecule is Cn1nc(C2CCN(S(=O)(=O)c3ccc(F)cc3F)CC2)n(-c2ccccc2)c1=O. The van der Waals surface area contributed by atoms with Crippen molar-refractivity contribution in [3.63, 3.8) is 0 Å². The number of benzene rings is 2. The Kier molecular flexibility index (Phi) is 5.29. The monoisotopic (exact) mass is 434 g/mol. The molecular weight excluding hydrogens is 414 g/mol. The lowest BCUT2D eigenvalue weighted by atomic mass is 9.97. The quantitative estimate of drug-likeness (QED) is 0.632. The van der Waals surface area contributed by atoms with Crippen molar-refractivity contribution in [3.8, 4) is 5.69 Å². The van der Waals surface area contributed by atoms with Crippen LogP contribution in [0.25, 0.3) is 5.69 Å². The topological polar surface area (TPSA) is 77.2 Å². The first-order chi connectivity index (χ1) is 14.3. The molecule has 1 aliphatic heterocycles. The normalized spacial score (nSPS) is 16.1. The lowest BCUT2D eigenvalue weighted by molar-refractivity contribution is 0.310. The van der Waals surface area contributed by atoms with Crippen LogP contribution in [0.1, 0.15) is 24.6 Å². The Bertz CT molecular complexity index is 1230. The number of hydrogen-bond acceptors (Lipinski definition) is 4. The van der Waals surface area contributed by atoms with Crippen molar-refractivity contribution in [1.29, 1.82) is 0 Å². The van der Waals surface area contributed by atoms with Gasteiger partial charge in [0, 0.05) is 32.1 Å². The molecular formula is C20H20F2N4O3S. The molecule has 1 saturated heterocycles. The molecule has 0 aliphatic carbocycles. The lowest BCUT2D eigenvalue weighted by Crippen LogP contribution is -2.38. The molecule has 1 aromatic heterocycles. The van der Waals surface area contributed by atoms with Gasteiger partial charge in [0.1, 0.15) is 22.4 Å². The minimum atomic E-state index is -4.08. The van der Waals surface area contributed by atoms with Crippen LogP contribution in [0.4, 0.5) is 8.78 Å². The lowest BCUT2D eigenvalue weighted by Gasteiger charge is -2.30. The maximum absolute atomic E-state index is 14.0. The summed E-state index contributed by atoms with van der Waals surface area (Å²) in [7, 11) is -2.51. The van der Waals surface area contributed by atoms with Gasteiger partial charge in [-0.15, -0.1) is 0 Å². The van der Waals surface area contributed by atoms with Crippen molar-refractivity contribution < 1.29 is 17.2 Å². The number of aryl methyl sites for hydroxylation is 1. The molecule has 1 fully saturated rings. The van der Waals surface area contributed by atoms with Gasteiger partial charge in [0.05, 0.1) is 5.69 Å². The standard InChI is InChI=1S/C20H20F2N4O3S/c1-24-20(27)26(16-5-3-2-4-6-16)19(23-24)14-9-11-25(12-10-14)30(28,29)18-8-7-15(21)13-17(18)22/h2-8,13-14H,9-12H2,1H3. The summed E-state index contributed by atoms with van der Waals surface area (Å²) in [6.07, 6.45) is 0.844. The van der Waals surface area contributed by atoms with Crippen molar-refractivity contribution in [1.82, 2.24) is 18.7 Å². The smallest absolute Gasteiger partial charge is 0.247 e. The summed E-state index contributed by atoms with van der Waals surface area (Å²) in [5, 5.41) is 4.38. The highest BCUT2D eigenvalue weighted by molar-refractivity contribution is 7.89. The Morgan fingerprint density at radius 2 is 1.70 bits per heavy atom. The Balaban J connectivity index is 1.59. The predicted octanol–water partition coefficient (Wildman–Crippen LogP) is 2.42. The Morgan fingerprint density at radius 1 is 1.03 bits per heavy atom. The molecule has 0 amide bonds. The molecule has 7 nitrogen and oxygen atoms in total. The Hall–Kier alpha value is -2.85. The van der Waals surface area contributed by atoms with Gasteiger partial charge in [-0.3, -0.25) is 0 Å². The van der Waals surface area contributed by atoms with Crippen LogP contribution in [0.3, 0.4) is 0 Å². The van der Waals surface area contributed by atoms with E-state index in [0.29, 0.717) is 30.4 Å². The van der Waals surface area contributed by atoms with Crippen molar-refractivity contribution >= 4 is 10.0 Å². The molecule has 0 N–H and O–H groups in total. The molecule has 0 spiro atoms. The van der Waals surface area contributed by atoms with Crippen LogP contribution in [0.5, 0.6) is 0 Å². The van der Waals surface area contributed by atoms with Gasteiger partial charge >= 0.3 is 5.69 Å². The average molecular weight is 434 g/mol. The number of piperidine rings is 1. The minimum Gasteiger partial charge on any atom is -0.247 e. The first kappa shape index (κ1) is 20.4. The molecule has 2 heterocycles. The summed E-state index contributed by atoms with van der Waals surface area (Å²) in [6, 6.07) is 11.5. The summed E-state index contributed by atoms with van der Waals surface area (Å²) < 4.78 is 56.8. The van der Waals surface area contributed by atoms with Crippen LogP contribution >= 0.6 is 0 Å². The van der Waals surface area contributed by atoms with Crippen molar-refractivity contribution in [3.05, 3.63) is 76.5 Å². The van der Waals surface area contributed by atoms with Gasteiger partial charge in [-0.25, -0.2) is 31.2 Å².